The van der Waals surface area contributed by atoms with Gasteiger partial charge in [0.1, 0.15) is 16.8 Å². The Bertz CT molecular complexity index is 928. The standard InChI is InChI=1S/C15H11ClN4O3S/c16-8-4-5-12(9(6-8)15(17)22)23-7-13(21)18-10-2-1-3-11-14(10)20-24-19-11/h1-6H,7H2,(H2,17,22)(H,18,21). The molecule has 0 atom stereocenters. The largest absolute Gasteiger partial charge is 0.483 e. The molecule has 9 heteroatoms. The molecule has 122 valence electrons. The number of aromatic nitrogens is 2. The Balaban J connectivity index is 1.70. The molecule has 0 radical (unpaired) electrons. The first-order valence-corrected chi connectivity index (χ1v) is 7.88. The van der Waals surface area contributed by atoms with Crippen LogP contribution < -0.4 is 15.8 Å². The second-order valence-corrected chi connectivity index (χ2v) is 5.74. The summed E-state index contributed by atoms with van der Waals surface area (Å²) in [6, 6.07) is 9.71. The minimum Gasteiger partial charge on any atom is -0.483 e. The van der Waals surface area contributed by atoms with Crippen LogP contribution in [0.2, 0.25) is 5.02 Å². The van der Waals surface area contributed by atoms with Crippen LogP contribution in [0.5, 0.6) is 5.75 Å². The van der Waals surface area contributed by atoms with Crippen LogP contribution in [0, 0.1) is 0 Å². The zero-order valence-electron chi connectivity index (χ0n) is 12.2. The highest BCUT2D eigenvalue weighted by Crippen LogP contribution is 2.23. The third-order valence-corrected chi connectivity index (χ3v) is 3.90. The fraction of sp³-hybridized carbons (Fsp3) is 0.0667. The average Bonchev–Trinajstić information content (AvgIpc) is 3.03. The van der Waals surface area contributed by atoms with E-state index in [1.165, 1.54) is 12.1 Å². The van der Waals surface area contributed by atoms with Gasteiger partial charge in [0, 0.05) is 5.02 Å². The molecule has 1 heterocycles. The van der Waals surface area contributed by atoms with Gasteiger partial charge < -0.3 is 15.8 Å². The topological polar surface area (TPSA) is 107 Å². The van der Waals surface area contributed by atoms with Crippen molar-refractivity contribution in [3.05, 3.63) is 47.0 Å². The van der Waals surface area contributed by atoms with Gasteiger partial charge in [0.2, 0.25) is 0 Å². The van der Waals surface area contributed by atoms with Gasteiger partial charge in [-0.1, -0.05) is 17.7 Å². The first kappa shape index (κ1) is 16.2. The molecule has 0 saturated carbocycles. The molecule has 0 unspecified atom stereocenters. The number of hydrogen-bond acceptors (Lipinski definition) is 6. The number of nitrogens with one attached hydrogen (secondary N) is 1. The minimum atomic E-state index is -0.689. The summed E-state index contributed by atoms with van der Waals surface area (Å²) in [5, 5.41) is 3.05. The summed E-state index contributed by atoms with van der Waals surface area (Å²) >= 11 is 6.89. The Morgan fingerprint density at radius 2 is 2.08 bits per heavy atom. The molecule has 7 nitrogen and oxygen atoms in total. The average molecular weight is 363 g/mol. The van der Waals surface area contributed by atoms with E-state index in [0.29, 0.717) is 21.7 Å². The number of carbonyl (C=O) groups excluding carboxylic acids is 2. The van der Waals surface area contributed by atoms with Gasteiger partial charge in [-0.2, -0.15) is 8.75 Å². The molecule has 24 heavy (non-hydrogen) atoms. The van der Waals surface area contributed by atoms with Crippen LogP contribution in [0.15, 0.2) is 36.4 Å². The molecule has 0 saturated heterocycles. The molecule has 0 spiro atoms. The van der Waals surface area contributed by atoms with E-state index in [1.807, 2.05) is 0 Å². The van der Waals surface area contributed by atoms with Gasteiger partial charge in [-0.15, -0.1) is 0 Å². The number of anilines is 1. The number of amides is 2. The number of hydrogen-bond donors (Lipinski definition) is 2. The Kier molecular flexibility index (Phi) is 4.59. The Morgan fingerprint density at radius 3 is 2.88 bits per heavy atom. The summed E-state index contributed by atoms with van der Waals surface area (Å²) in [6.07, 6.45) is 0. The Hall–Kier alpha value is -2.71. The van der Waals surface area contributed by atoms with E-state index in [2.05, 4.69) is 14.1 Å². The maximum absolute atomic E-state index is 12.1. The van der Waals surface area contributed by atoms with Crippen LogP contribution in [0.1, 0.15) is 10.4 Å². The lowest BCUT2D eigenvalue weighted by Gasteiger charge is -2.10. The second-order valence-electron chi connectivity index (χ2n) is 4.78. The van der Waals surface area contributed by atoms with Crippen molar-refractivity contribution in [3.8, 4) is 5.75 Å². The van der Waals surface area contributed by atoms with Crippen molar-refractivity contribution in [2.45, 2.75) is 0 Å². The zero-order valence-corrected chi connectivity index (χ0v) is 13.7. The van der Waals surface area contributed by atoms with E-state index in [9.17, 15) is 9.59 Å². The van der Waals surface area contributed by atoms with Gasteiger partial charge in [-0.05, 0) is 30.3 Å². The Labute approximate surface area is 145 Å². The highest BCUT2D eigenvalue weighted by molar-refractivity contribution is 7.00. The molecule has 0 fully saturated rings. The molecular weight excluding hydrogens is 352 g/mol. The van der Waals surface area contributed by atoms with Crippen LogP contribution in [0.25, 0.3) is 11.0 Å². The van der Waals surface area contributed by atoms with Crippen molar-refractivity contribution in [1.82, 2.24) is 8.75 Å². The number of carbonyl (C=O) groups is 2. The second kappa shape index (κ2) is 6.81. The predicted octanol–water partition coefficient (Wildman–Crippen LogP) is 2.46. The van der Waals surface area contributed by atoms with Crippen LogP contribution in [0.4, 0.5) is 5.69 Å². The number of nitrogens with two attached hydrogens (primary N) is 1. The lowest BCUT2D eigenvalue weighted by atomic mass is 10.2. The summed E-state index contributed by atoms with van der Waals surface area (Å²) < 4.78 is 13.6. The number of nitrogens with zero attached hydrogens (tertiary/aromatic N) is 2. The number of fused-ring (bicyclic) bond motifs is 1. The van der Waals surface area contributed by atoms with Crippen molar-refractivity contribution in [2.24, 2.45) is 5.73 Å². The molecule has 0 bridgehead atoms. The van der Waals surface area contributed by atoms with Crippen LogP contribution >= 0.6 is 23.3 Å². The maximum atomic E-state index is 12.1. The first-order chi connectivity index (χ1) is 11.5. The molecule has 3 rings (SSSR count). The highest BCUT2D eigenvalue weighted by atomic mass is 35.5. The first-order valence-electron chi connectivity index (χ1n) is 6.78. The minimum absolute atomic E-state index is 0.112. The number of benzene rings is 2. The van der Waals surface area contributed by atoms with E-state index in [0.717, 1.165) is 11.7 Å². The van der Waals surface area contributed by atoms with Gasteiger partial charge in [0.25, 0.3) is 11.8 Å². The van der Waals surface area contributed by atoms with Gasteiger partial charge in [-0.3, -0.25) is 9.59 Å². The van der Waals surface area contributed by atoms with E-state index in [4.69, 9.17) is 22.1 Å². The number of halogens is 1. The fourth-order valence-corrected chi connectivity index (χ4v) is 2.78. The van der Waals surface area contributed by atoms with Crippen LogP contribution in [-0.4, -0.2) is 27.2 Å². The fourth-order valence-electron chi connectivity index (χ4n) is 2.06. The van der Waals surface area contributed by atoms with Gasteiger partial charge in [0.05, 0.1) is 23.0 Å². The molecule has 1 aromatic heterocycles. The normalized spacial score (nSPS) is 10.5. The molecule has 0 aliphatic rings. The lowest BCUT2D eigenvalue weighted by molar-refractivity contribution is -0.118. The molecular formula is C15H11ClN4O3S. The van der Waals surface area contributed by atoms with Gasteiger partial charge >= 0.3 is 0 Å². The highest BCUT2D eigenvalue weighted by Gasteiger charge is 2.13. The molecule has 3 N–H and O–H groups in total. The number of primary amides is 1. The molecule has 0 aliphatic heterocycles. The summed E-state index contributed by atoms with van der Waals surface area (Å²) in [5.74, 6) is -0.900. The van der Waals surface area contributed by atoms with E-state index in [-0.39, 0.29) is 17.9 Å². The number of rotatable bonds is 5. The van der Waals surface area contributed by atoms with Crippen molar-refractivity contribution < 1.29 is 14.3 Å². The van der Waals surface area contributed by atoms with E-state index >= 15 is 0 Å². The zero-order chi connectivity index (χ0) is 17.1. The van der Waals surface area contributed by atoms with Crippen molar-refractivity contribution >= 4 is 51.9 Å². The van der Waals surface area contributed by atoms with Crippen LogP contribution in [0.3, 0.4) is 0 Å². The molecule has 3 aromatic rings. The van der Waals surface area contributed by atoms with E-state index in [1.54, 1.807) is 24.3 Å². The maximum Gasteiger partial charge on any atom is 0.262 e. The van der Waals surface area contributed by atoms with Crippen molar-refractivity contribution in [2.75, 3.05) is 11.9 Å². The molecule has 2 amide bonds. The third-order valence-electron chi connectivity index (χ3n) is 3.13. The summed E-state index contributed by atoms with van der Waals surface area (Å²) in [6.45, 7) is -0.296. The van der Waals surface area contributed by atoms with Gasteiger partial charge in [-0.25, -0.2) is 0 Å². The van der Waals surface area contributed by atoms with E-state index < -0.39 is 11.8 Å². The predicted molar refractivity (Wildman–Crippen MR) is 91.5 cm³/mol. The lowest BCUT2D eigenvalue weighted by Crippen LogP contribution is -2.21. The van der Waals surface area contributed by atoms with Gasteiger partial charge in [0.15, 0.2) is 6.61 Å². The number of ether oxygens (including phenoxy) is 1. The van der Waals surface area contributed by atoms with Crippen molar-refractivity contribution in [1.29, 1.82) is 0 Å². The monoisotopic (exact) mass is 362 g/mol. The van der Waals surface area contributed by atoms with Crippen LogP contribution in [-0.2, 0) is 4.79 Å². The third kappa shape index (κ3) is 3.44. The SMILES string of the molecule is NC(=O)c1cc(Cl)ccc1OCC(=O)Nc1cccc2nsnc12. The summed E-state index contributed by atoms with van der Waals surface area (Å²) in [5.41, 5.74) is 7.24. The quantitative estimate of drug-likeness (QED) is 0.725. The summed E-state index contributed by atoms with van der Waals surface area (Å²) in [7, 11) is 0. The van der Waals surface area contributed by atoms with Crippen molar-refractivity contribution in [3.63, 3.8) is 0 Å². The molecule has 0 aliphatic carbocycles. The molecule has 2 aromatic carbocycles. The summed E-state index contributed by atoms with van der Waals surface area (Å²) in [4.78, 5) is 23.5. The Morgan fingerprint density at radius 1 is 1.25 bits per heavy atom. The smallest absolute Gasteiger partial charge is 0.262 e.